The molecule has 0 aliphatic rings. The van der Waals surface area contributed by atoms with Crippen molar-refractivity contribution in [3.05, 3.63) is 70.7 Å². The van der Waals surface area contributed by atoms with E-state index in [1.807, 2.05) is 30.3 Å². The van der Waals surface area contributed by atoms with Crippen LogP contribution >= 0.6 is 11.6 Å². The summed E-state index contributed by atoms with van der Waals surface area (Å²) in [6, 6.07) is 16.1. The summed E-state index contributed by atoms with van der Waals surface area (Å²) in [5, 5.41) is 0.663. The van der Waals surface area contributed by atoms with Crippen LogP contribution in [0.4, 0.5) is 0 Å². The first-order chi connectivity index (χ1) is 8.25. The van der Waals surface area contributed by atoms with Crippen LogP contribution in [0.25, 0.3) is 0 Å². The van der Waals surface area contributed by atoms with Crippen LogP contribution in [0.3, 0.4) is 0 Å². The maximum absolute atomic E-state index is 11.7. The Morgan fingerprint density at radius 1 is 1.00 bits per heavy atom. The summed E-state index contributed by atoms with van der Waals surface area (Å²) in [6.45, 7) is 0. The highest BCUT2D eigenvalue weighted by atomic mass is 35.5. The zero-order valence-electron chi connectivity index (χ0n) is 9.01. The van der Waals surface area contributed by atoms with Crippen molar-refractivity contribution in [2.24, 2.45) is 4.99 Å². The normalized spacial score (nSPS) is 10.6. The van der Waals surface area contributed by atoms with Gasteiger partial charge in [0.1, 0.15) is 0 Å². The summed E-state index contributed by atoms with van der Waals surface area (Å²) < 4.78 is 0. The van der Waals surface area contributed by atoms with Crippen LogP contribution in [0.15, 0.2) is 59.6 Å². The Bertz CT molecular complexity index is 532. The van der Waals surface area contributed by atoms with E-state index in [1.165, 1.54) is 6.21 Å². The highest BCUT2D eigenvalue weighted by Crippen LogP contribution is 2.08. The number of hydrogen-bond acceptors (Lipinski definition) is 1. The van der Waals surface area contributed by atoms with Gasteiger partial charge < -0.3 is 0 Å². The van der Waals surface area contributed by atoms with E-state index in [9.17, 15) is 4.79 Å². The van der Waals surface area contributed by atoms with Crippen LogP contribution in [-0.4, -0.2) is 12.1 Å². The number of amides is 1. The first-order valence-electron chi connectivity index (χ1n) is 5.15. The van der Waals surface area contributed by atoms with Crippen molar-refractivity contribution in [3.8, 4) is 0 Å². The molecular weight excluding hydrogens is 234 g/mol. The van der Waals surface area contributed by atoms with Crippen LogP contribution in [0.5, 0.6) is 0 Å². The lowest BCUT2D eigenvalue weighted by atomic mass is 10.2. The molecule has 2 aromatic rings. The molecular formula is C14H10ClNO. The number of carbonyl (C=O) groups is 1. The molecule has 0 heterocycles. The maximum atomic E-state index is 11.7. The molecule has 0 aliphatic carbocycles. The average Bonchev–Trinajstić information content (AvgIpc) is 2.39. The molecule has 0 aromatic heterocycles. The van der Waals surface area contributed by atoms with Gasteiger partial charge in [-0.3, -0.25) is 4.79 Å². The number of aliphatic imine (C=N–C) groups is 1. The Morgan fingerprint density at radius 3 is 2.29 bits per heavy atom. The van der Waals surface area contributed by atoms with E-state index in [-0.39, 0.29) is 5.91 Å². The zero-order chi connectivity index (χ0) is 12.1. The smallest absolute Gasteiger partial charge is 0.267 e. The molecule has 2 rings (SSSR count). The first kappa shape index (κ1) is 11.6. The van der Waals surface area contributed by atoms with E-state index in [1.54, 1.807) is 24.3 Å². The topological polar surface area (TPSA) is 29.4 Å². The van der Waals surface area contributed by atoms with Crippen LogP contribution in [0.1, 0.15) is 15.9 Å². The van der Waals surface area contributed by atoms with Gasteiger partial charge in [-0.1, -0.05) is 41.9 Å². The number of carbonyl (C=O) groups excluding carboxylic acids is 1. The highest BCUT2D eigenvalue weighted by Gasteiger charge is 2.00. The van der Waals surface area contributed by atoms with Gasteiger partial charge in [0.25, 0.3) is 5.91 Å². The number of nitrogens with zero attached hydrogens (tertiary/aromatic N) is 1. The second-order valence-corrected chi connectivity index (χ2v) is 3.92. The highest BCUT2D eigenvalue weighted by molar-refractivity contribution is 6.30. The number of rotatable bonds is 2. The maximum Gasteiger partial charge on any atom is 0.276 e. The van der Waals surface area contributed by atoms with E-state index in [4.69, 9.17) is 11.6 Å². The number of hydrogen-bond donors (Lipinski definition) is 0. The fraction of sp³-hybridized carbons (Fsp3) is 0. The third-order valence-electron chi connectivity index (χ3n) is 2.22. The van der Waals surface area contributed by atoms with Crippen LogP contribution < -0.4 is 0 Å². The van der Waals surface area contributed by atoms with Crippen molar-refractivity contribution in [1.82, 2.24) is 0 Å². The third-order valence-corrected chi connectivity index (χ3v) is 2.47. The molecule has 17 heavy (non-hydrogen) atoms. The second kappa shape index (κ2) is 5.41. The second-order valence-electron chi connectivity index (χ2n) is 3.48. The zero-order valence-corrected chi connectivity index (χ0v) is 9.76. The quantitative estimate of drug-likeness (QED) is 0.741. The minimum atomic E-state index is -0.249. The lowest BCUT2D eigenvalue weighted by Gasteiger charge is -1.94. The molecule has 0 atom stereocenters. The first-order valence-corrected chi connectivity index (χ1v) is 5.52. The minimum Gasteiger partial charge on any atom is -0.267 e. The van der Waals surface area contributed by atoms with Crippen molar-refractivity contribution in [2.75, 3.05) is 0 Å². The molecule has 2 nitrogen and oxygen atoms in total. The molecule has 3 heteroatoms. The van der Waals surface area contributed by atoms with Gasteiger partial charge in [-0.05, 0) is 29.8 Å². The fourth-order valence-corrected chi connectivity index (χ4v) is 1.46. The van der Waals surface area contributed by atoms with Crippen LogP contribution in [-0.2, 0) is 0 Å². The monoisotopic (exact) mass is 243 g/mol. The number of halogens is 1. The SMILES string of the molecule is O=C(N=Cc1ccc(Cl)cc1)c1ccccc1. The molecule has 1 amide bonds. The Morgan fingerprint density at radius 2 is 1.65 bits per heavy atom. The van der Waals surface area contributed by atoms with Gasteiger partial charge in [0.2, 0.25) is 0 Å². The fourth-order valence-electron chi connectivity index (χ4n) is 1.34. The lowest BCUT2D eigenvalue weighted by molar-refractivity contribution is 0.100. The molecule has 0 N–H and O–H groups in total. The summed E-state index contributed by atoms with van der Waals surface area (Å²) >= 11 is 5.76. The van der Waals surface area contributed by atoms with Crippen molar-refractivity contribution in [1.29, 1.82) is 0 Å². The van der Waals surface area contributed by atoms with Gasteiger partial charge >= 0.3 is 0 Å². The van der Waals surface area contributed by atoms with E-state index in [2.05, 4.69) is 4.99 Å². The molecule has 0 spiro atoms. The molecule has 0 bridgehead atoms. The number of benzene rings is 2. The molecule has 0 radical (unpaired) electrons. The van der Waals surface area contributed by atoms with Crippen molar-refractivity contribution >= 4 is 23.7 Å². The molecule has 2 aromatic carbocycles. The molecule has 0 aliphatic heterocycles. The van der Waals surface area contributed by atoms with Gasteiger partial charge in [-0.25, -0.2) is 4.99 Å². The van der Waals surface area contributed by atoms with Crippen LogP contribution in [0, 0.1) is 0 Å². The van der Waals surface area contributed by atoms with E-state index < -0.39 is 0 Å². The minimum absolute atomic E-state index is 0.249. The summed E-state index contributed by atoms with van der Waals surface area (Å²) in [5.41, 5.74) is 1.43. The van der Waals surface area contributed by atoms with Crippen LogP contribution in [0.2, 0.25) is 5.02 Å². The van der Waals surface area contributed by atoms with Gasteiger partial charge in [0, 0.05) is 16.8 Å². The third kappa shape index (κ3) is 3.26. The van der Waals surface area contributed by atoms with Crippen molar-refractivity contribution in [2.45, 2.75) is 0 Å². The molecule has 0 saturated carbocycles. The molecule has 84 valence electrons. The summed E-state index contributed by atoms with van der Waals surface area (Å²) in [7, 11) is 0. The largest absolute Gasteiger partial charge is 0.276 e. The van der Waals surface area contributed by atoms with Gasteiger partial charge in [-0.2, -0.15) is 0 Å². The predicted octanol–water partition coefficient (Wildman–Crippen LogP) is 3.60. The van der Waals surface area contributed by atoms with E-state index in [0.29, 0.717) is 10.6 Å². The Labute approximate surface area is 105 Å². The predicted molar refractivity (Wildman–Crippen MR) is 69.8 cm³/mol. The van der Waals surface area contributed by atoms with Gasteiger partial charge in [0.15, 0.2) is 0 Å². The van der Waals surface area contributed by atoms with Gasteiger partial charge in [-0.15, -0.1) is 0 Å². The summed E-state index contributed by atoms with van der Waals surface area (Å²) in [5.74, 6) is -0.249. The summed E-state index contributed by atoms with van der Waals surface area (Å²) in [6.07, 6.45) is 1.53. The summed E-state index contributed by atoms with van der Waals surface area (Å²) in [4.78, 5) is 15.5. The Kier molecular flexibility index (Phi) is 3.68. The standard InChI is InChI=1S/C14H10ClNO/c15-13-8-6-11(7-9-13)10-16-14(17)12-4-2-1-3-5-12/h1-10H. The molecule has 0 unspecified atom stereocenters. The average molecular weight is 244 g/mol. The van der Waals surface area contributed by atoms with E-state index in [0.717, 1.165) is 5.56 Å². The molecule has 0 saturated heterocycles. The Hall–Kier alpha value is -1.93. The van der Waals surface area contributed by atoms with Crippen molar-refractivity contribution < 1.29 is 4.79 Å². The van der Waals surface area contributed by atoms with Gasteiger partial charge in [0.05, 0.1) is 0 Å². The molecule has 0 fully saturated rings. The van der Waals surface area contributed by atoms with Crippen molar-refractivity contribution in [3.63, 3.8) is 0 Å². The van der Waals surface area contributed by atoms with E-state index >= 15 is 0 Å². The Balaban J connectivity index is 2.11. The lowest BCUT2D eigenvalue weighted by Crippen LogP contribution is -1.95.